The van der Waals surface area contributed by atoms with Gasteiger partial charge in [-0.25, -0.2) is 8.78 Å². The molecule has 6 nitrogen and oxygen atoms in total. The second-order valence-electron chi connectivity index (χ2n) is 5.82. The molecule has 0 amide bonds. The zero-order valence-corrected chi connectivity index (χ0v) is 22.0. The van der Waals surface area contributed by atoms with Crippen molar-refractivity contribution in [1.29, 1.82) is 0 Å². The normalized spacial score (nSPS) is 10.2. The molecule has 0 fully saturated rings. The predicted molar refractivity (Wildman–Crippen MR) is 117 cm³/mol. The monoisotopic (exact) mass is 530 g/mol. The van der Waals surface area contributed by atoms with Crippen molar-refractivity contribution in [2.24, 2.45) is 0 Å². The van der Waals surface area contributed by atoms with Crippen molar-refractivity contribution in [2.45, 2.75) is 33.7 Å². The predicted octanol–water partition coefficient (Wildman–Crippen LogP) is 4.90. The molecular formula is C21H27F2N2O4SY-. The fourth-order valence-electron chi connectivity index (χ4n) is 2.75. The van der Waals surface area contributed by atoms with Crippen LogP contribution in [0.2, 0.25) is 0 Å². The van der Waals surface area contributed by atoms with Crippen molar-refractivity contribution in [3.63, 3.8) is 0 Å². The van der Waals surface area contributed by atoms with Crippen LogP contribution in [0.25, 0.3) is 21.5 Å². The molecule has 0 unspecified atom stereocenters. The molecule has 0 aliphatic heterocycles. The van der Waals surface area contributed by atoms with Gasteiger partial charge in [-0.15, -0.1) is 0 Å². The molecule has 1 radical (unpaired) electrons. The number of nitrogens with zero attached hydrogens (tertiary/aromatic N) is 2. The van der Waals surface area contributed by atoms with E-state index in [0.717, 1.165) is 21.5 Å². The summed E-state index contributed by atoms with van der Waals surface area (Å²) in [6.07, 6.45) is -2.75. The first-order valence-corrected chi connectivity index (χ1v) is 9.97. The second kappa shape index (κ2) is 13.9. The van der Waals surface area contributed by atoms with Crippen molar-refractivity contribution in [1.82, 2.24) is 9.55 Å². The Balaban J connectivity index is 0.00000219. The third-order valence-corrected chi connectivity index (χ3v) is 4.97. The van der Waals surface area contributed by atoms with E-state index < -0.39 is 18.5 Å². The minimum atomic E-state index is -2.75. The van der Waals surface area contributed by atoms with E-state index >= 15 is 0 Å². The van der Waals surface area contributed by atoms with Gasteiger partial charge in [0.2, 0.25) is 0 Å². The Labute approximate surface area is 210 Å². The van der Waals surface area contributed by atoms with Crippen LogP contribution in [0.5, 0.6) is 10.9 Å². The summed E-state index contributed by atoms with van der Waals surface area (Å²) in [4.78, 5) is 17.1. The first-order chi connectivity index (χ1) is 13.9. The Kier molecular flexibility index (Phi) is 13.2. The largest absolute Gasteiger partial charge is 0.505 e. The van der Waals surface area contributed by atoms with E-state index in [1.807, 2.05) is 13.8 Å². The van der Waals surface area contributed by atoms with E-state index in [0.29, 0.717) is 12.2 Å². The summed E-state index contributed by atoms with van der Waals surface area (Å²) in [7, 11) is 1.52. The van der Waals surface area contributed by atoms with E-state index in [4.69, 9.17) is 9.47 Å². The summed E-state index contributed by atoms with van der Waals surface area (Å²) >= 11 is 0.995. The minimum absolute atomic E-state index is 0. The fraction of sp³-hybridized carbons (Fsp3) is 0.381. The van der Waals surface area contributed by atoms with Crippen LogP contribution in [-0.4, -0.2) is 41.4 Å². The third kappa shape index (κ3) is 6.78. The van der Waals surface area contributed by atoms with Gasteiger partial charge in [-0.3, -0.25) is 9.36 Å². The van der Waals surface area contributed by atoms with Gasteiger partial charge < -0.3 is 22.0 Å². The summed E-state index contributed by atoms with van der Waals surface area (Å²) < 4.78 is 37.6. The molecule has 0 aliphatic rings. The Morgan fingerprint density at radius 3 is 2.45 bits per heavy atom. The molecule has 0 spiro atoms. The number of aryl methyl sites for hydroxylation is 1. The van der Waals surface area contributed by atoms with Crippen molar-refractivity contribution < 1.29 is 56.1 Å². The molecule has 169 valence electrons. The molecule has 10 heteroatoms. The molecule has 3 aromatic rings. The van der Waals surface area contributed by atoms with Crippen LogP contribution in [0.4, 0.5) is 8.78 Å². The van der Waals surface area contributed by atoms with Crippen LogP contribution in [0.15, 0.2) is 29.1 Å². The van der Waals surface area contributed by atoms with Crippen molar-refractivity contribution in [2.75, 3.05) is 20.3 Å². The van der Waals surface area contributed by atoms with E-state index in [2.05, 4.69) is 4.98 Å². The number of ether oxygens (including phenoxy) is 2. The smallest absolute Gasteiger partial charge is 0.276 e. The number of aromatic nitrogens is 2. The van der Waals surface area contributed by atoms with Gasteiger partial charge >= 0.3 is 0 Å². The average molecular weight is 530 g/mol. The summed E-state index contributed by atoms with van der Waals surface area (Å²) in [6, 6.07) is 6.96. The maximum absolute atomic E-state index is 13.1. The van der Waals surface area contributed by atoms with Gasteiger partial charge in [-0.05, 0) is 18.1 Å². The number of hydrogen-bond acceptors (Lipinski definition) is 6. The van der Waals surface area contributed by atoms with Crippen molar-refractivity contribution >= 4 is 21.7 Å². The molecule has 1 aromatic carbocycles. The van der Waals surface area contributed by atoms with Crippen LogP contribution < -0.4 is 10.3 Å². The van der Waals surface area contributed by atoms with Crippen molar-refractivity contribution in [3.8, 4) is 22.1 Å². The van der Waals surface area contributed by atoms with Crippen LogP contribution in [0, 0.1) is 14.4 Å². The van der Waals surface area contributed by atoms with Crippen LogP contribution in [-0.2, 0) is 44.0 Å². The first kappa shape index (κ1) is 29.6. The summed E-state index contributed by atoms with van der Waals surface area (Å²) in [5.74, 6) is -0.283. The molecule has 2 aromatic heterocycles. The number of benzene rings is 1. The van der Waals surface area contributed by atoms with Crippen LogP contribution in [0.1, 0.15) is 19.4 Å². The fourth-order valence-corrected chi connectivity index (χ4v) is 3.65. The molecule has 0 aliphatic carbocycles. The van der Waals surface area contributed by atoms with Gasteiger partial charge in [0.1, 0.15) is 17.1 Å². The topological polar surface area (TPSA) is 73.6 Å². The number of rotatable bonds is 7. The molecule has 0 bridgehead atoms. The van der Waals surface area contributed by atoms with Gasteiger partial charge in [0.25, 0.3) is 17.2 Å². The maximum atomic E-state index is 13.1. The molecular weight excluding hydrogens is 503 g/mol. The third-order valence-electron chi connectivity index (χ3n) is 4.00. The van der Waals surface area contributed by atoms with Crippen LogP contribution in [0.3, 0.4) is 0 Å². The molecule has 0 saturated carbocycles. The Bertz CT molecular complexity index is 1020. The number of aromatic hydroxyl groups is 1. The Morgan fingerprint density at radius 2 is 1.87 bits per heavy atom. The number of fused-ring (bicyclic) bond motifs is 1. The van der Waals surface area contributed by atoms with Gasteiger partial charge in [-0.2, -0.15) is 4.98 Å². The second-order valence-corrected chi connectivity index (χ2v) is 6.78. The van der Waals surface area contributed by atoms with E-state index in [1.165, 1.54) is 7.11 Å². The van der Waals surface area contributed by atoms with E-state index in [9.17, 15) is 18.7 Å². The van der Waals surface area contributed by atoms with Gasteiger partial charge in [-0.1, -0.05) is 49.4 Å². The number of thiazole rings is 1. The molecule has 0 atom stereocenters. The molecule has 2 heterocycles. The number of alkyl halides is 2. The Hall–Kier alpha value is -1.42. The zero-order valence-electron chi connectivity index (χ0n) is 18.3. The quantitative estimate of drug-likeness (QED) is 0.348. The van der Waals surface area contributed by atoms with Crippen molar-refractivity contribution in [3.05, 3.63) is 47.6 Å². The first-order valence-electron chi connectivity index (χ1n) is 9.16. The molecule has 3 rings (SSSR count). The zero-order chi connectivity index (χ0) is 21.6. The minimum Gasteiger partial charge on any atom is -0.505 e. The summed E-state index contributed by atoms with van der Waals surface area (Å²) in [5.41, 5.74) is 0.471. The van der Waals surface area contributed by atoms with E-state index in [1.54, 1.807) is 31.2 Å². The maximum Gasteiger partial charge on any atom is 0.276 e. The Morgan fingerprint density at radius 1 is 1.23 bits per heavy atom. The van der Waals surface area contributed by atoms with Gasteiger partial charge in [0.15, 0.2) is 5.65 Å². The molecule has 0 saturated heterocycles. The molecule has 1 N–H and O–H groups in total. The molecule has 31 heavy (non-hydrogen) atoms. The average Bonchev–Trinajstić information content (AvgIpc) is 3.13. The number of hydrogen-bond donors (Lipinski definition) is 1. The number of pyridine rings is 1. The summed E-state index contributed by atoms with van der Waals surface area (Å²) in [6.45, 7) is 5.48. The number of halogens is 2. The SMILES string of the molecule is CC.COCCOc1nc2c(s1)c(O)c(-c1ccccc1C)c(=O)n2CC(F)F.[CH3-].[Y]. The van der Waals surface area contributed by atoms with Crippen LogP contribution >= 0.6 is 11.3 Å². The van der Waals surface area contributed by atoms with Gasteiger partial charge in [0, 0.05) is 39.8 Å². The standard InChI is InChI=1S/C18H18F2N2O4S.C2H6.CH3.Y/c1-10-5-3-4-6-11(10)13-14(23)15-16(22(17(13)24)9-12(19)20)21-18(27-15)26-8-7-25-2;1-2;;/h3-6,12,23H,7-9H2,1-2H3;1-2H3;1H3;/q;;-1;. The number of methoxy groups -OCH3 is 1. The van der Waals surface area contributed by atoms with E-state index in [-0.39, 0.29) is 73.6 Å². The van der Waals surface area contributed by atoms with Gasteiger partial charge in [0.05, 0.1) is 18.7 Å². The summed E-state index contributed by atoms with van der Waals surface area (Å²) in [5, 5.41) is 10.9.